The normalized spacial score (nSPS) is 12.1. The van der Waals surface area contributed by atoms with Crippen molar-refractivity contribution in [3.8, 4) is 0 Å². The standard InChI is InChI=1S/C13H12OP2/c1-16-9-3-5-11-10-4-2-8(15)6-12(10)14-13(11)7-9/h2-7,16H,15H2,1H3. The Kier molecular flexibility index (Phi) is 2.46. The van der Waals surface area contributed by atoms with Crippen LogP contribution in [0.5, 0.6) is 0 Å². The molecule has 2 aromatic carbocycles. The summed E-state index contributed by atoms with van der Waals surface area (Å²) in [6, 6.07) is 12.8. The highest BCUT2D eigenvalue weighted by atomic mass is 31.1. The molecule has 3 heteroatoms. The van der Waals surface area contributed by atoms with Gasteiger partial charge < -0.3 is 4.42 Å². The van der Waals surface area contributed by atoms with E-state index < -0.39 is 0 Å². The Bertz CT molecular complexity index is 670. The van der Waals surface area contributed by atoms with Gasteiger partial charge >= 0.3 is 0 Å². The Hall–Kier alpha value is -0.900. The van der Waals surface area contributed by atoms with E-state index in [4.69, 9.17) is 4.42 Å². The molecule has 1 aromatic heterocycles. The Morgan fingerprint density at radius 2 is 1.69 bits per heavy atom. The maximum absolute atomic E-state index is 5.87. The number of benzene rings is 2. The summed E-state index contributed by atoms with van der Waals surface area (Å²) >= 11 is 0. The summed E-state index contributed by atoms with van der Waals surface area (Å²) in [7, 11) is 3.51. The lowest BCUT2D eigenvalue weighted by Crippen LogP contribution is -1.89. The van der Waals surface area contributed by atoms with Crippen LogP contribution < -0.4 is 10.6 Å². The summed E-state index contributed by atoms with van der Waals surface area (Å²) in [5.41, 5.74) is 1.97. The van der Waals surface area contributed by atoms with Crippen LogP contribution in [0, 0.1) is 0 Å². The average molecular weight is 246 g/mol. The van der Waals surface area contributed by atoms with Gasteiger partial charge in [0.25, 0.3) is 0 Å². The van der Waals surface area contributed by atoms with Gasteiger partial charge in [-0.3, -0.25) is 0 Å². The van der Waals surface area contributed by atoms with E-state index in [1.807, 2.05) is 0 Å². The van der Waals surface area contributed by atoms with Gasteiger partial charge in [-0.2, -0.15) is 0 Å². The van der Waals surface area contributed by atoms with Gasteiger partial charge in [-0.1, -0.05) is 20.7 Å². The molecular weight excluding hydrogens is 234 g/mol. The average Bonchev–Trinajstić information content (AvgIpc) is 2.64. The molecule has 0 aliphatic heterocycles. The van der Waals surface area contributed by atoms with Crippen molar-refractivity contribution in [2.45, 2.75) is 0 Å². The zero-order valence-electron chi connectivity index (χ0n) is 8.95. The molecule has 0 bridgehead atoms. The van der Waals surface area contributed by atoms with Crippen LogP contribution in [-0.4, -0.2) is 6.66 Å². The predicted molar refractivity (Wildman–Crippen MR) is 76.9 cm³/mol. The Balaban J connectivity index is 2.40. The summed E-state index contributed by atoms with van der Waals surface area (Å²) < 4.78 is 5.87. The molecule has 0 aliphatic rings. The van der Waals surface area contributed by atoms with Gasteiger partial charge in [0.2, 0.25) is 0 Å². The number of furan rings is 1. The Labute approximate surface area is 98.2 Å². The monoisotopic (exact) mass is 246 g/mol. The first-order valence-corrected chi connectivity index (χ1v) is 7.25. The second kappa shape index (κ2) is 3.84. The van der Waals surface area contributed by atoms with Gasteiger partial charge in [-0.25, -0.2) is 0 Å². The second-order valence-electron chi connectivity index (χ2n) is 3.82. The van der Waals surface area contributed by atoms with Crippen LogP contribution in [0.15, 0.2) is 40.8 Å². The van der Waals surface area contributed by atoms with Gasteiger partial charge in [-0.05, 0) is 41.5 Å². The quantitative estimate of drug-likeness (QED) is 0.601. The molecule has 3 aromatic rings. The Morgan fingerprint density at radius 1 is 1.00 bits per heavy atom. The fraction of sp³-hybridized carbons (Fsp3) is 0.0769. The molecule has 3 rings (SSSR count). The zero-order valence-corrected chi connectivity index (χ0v) is 11.1. The van der Waals surface area contributed by atoms with E-state index in [0.29, 0.717) is 0 Å². The molecule has 2 unspecified atom stereocenters. The summed E-state index contributed by atoms with van der Waals surface area (Å²) in [6.45, 7) is 2.19. The molecule has 0 saturated carbocycles. The van der Waals surface area contributed by atoms with Crippen LogP contribution >= 0.6 is 17.8 Å². The first kappa shape index (κ1) is 10.3. The molecule has 16 heavy (non-hydrogen) atoms. The summed E-state index contributed by atoms with van der Waals surface area (Å²) in [5.74, 6) is 0. The molecule has 0 spiro atoms. The minimum atomic E-state index is 0.814. The SMILES string of the molecule is CPc1ccc2c(c1)oc1cc(P)ccc12. The molecule has 1 heterocycles. The van der Waals surface area contributed by atoms with Crippen LogP contribution in [0.1, 0.15) is 0 Å². The minimum absolute atomic E-state index is 0.814. The topological polar surface area (TPSA) is 13.1 Å². The van der Waals surface area contributed by atoms with Gasteiger partial charge in [0.1, 0.15) is 11.2 Å². The minimum Gasteiger partial charge on any atom is -0.456 e. The van der Waals surface area contributed by atoms with Crippen LogP contribution in [0.4, 0.5) is 0 Å². The fourth-order valence-electron chi connectivity index (χ4n) is 1.95. The van der Waals surface area contributed by atoms with E-state index in [-0.39, 0.29) is 0 Å². The lowest BCUT2D eigenvalue weighted by molar-refractivity contribution is 0.669. The van der Waals surface area contributed by atoms with Gasteiger partial charge in [0.15, 0.2) is 0 Å². The molecule has 0 aliphatic carbocycles. The number of hydrogen-bond donors (Lipinski definition) is 0. The van der Waals surface area contributed by atoms with E-state index in [0.717, 1.165) is 25.1 Å². The molecule has 2 atom stereocenters. The van der Waals surface area contributed by atoms with Crippen molar-refractivity contribution in [2.75, 3.05) is 6.66 Å². The first-order chi connectivity index (χ1) is 7.78. The van der Waals surface area contributed by atoms with Crippen molar-refractivity contribution >= 4 is 50.4 Å². The largest absolute Gasteiger partial charge is 0.456 e. The van der Waals surface area contributed by atoms with E-state index >= 15 is 0 Å². The first-order valence-electron chi connectivity index (χ1n) is 5.17. The lowest BCUT2D eigenvalue weighted by atomic mass is 10.1. The third-order valence-corrected chi connectivity index (χ3v) is 4.03. The highest BCUT2D eigenvalue weighted by Crippen LogP contribution is 2.28. The van der Waals surface area contributed by atoms with Crippen LogP contribution in [0.3, 0.4) is 0 Å². The molecule has 0 amide bonds. The predicted octanol–water partition coefficient (Wildman–Crippen LogP) is 3.02. The lowest BCUT2D eigenvalue weighted by Gasteiger charge is -1.94. The number of rotatable bonds is 1. The van der Waals surface area contributed by atoms with Gasteiger partial charge in [-0.15, -0.1) is 9.24 Å². The van der Waals surface area contributed by atoms with Crippen molar-refractivity contribution in [3.63, 3.8) is 0 Å². The van der Waals surface area contributed by atoms with Crippen molar-refractivity contribution in [3.05, 3.63) is 36.4 Å². The summed E-state index contributed by atoms with van der Waals surface area (Å²) in [4.78, 5) is 0. The second-order valence-corrected chi connectivity index (χ2v) is 5.56. The maximum atomic E-state index is 5.87. The summed E-state index contributed by atoms with van der Waals surface area (Å²) in [6.07, 6.45) is 0. The third kappa shape index (κ3) is 1.56. The van der Waals surface area contributed by atoms with Crippen LogP contribution in [0.25, 0.3) is 21.9 Å². The molecule has 0 saturated heterocycles. The Morgan fingerprint density at radius 3 is 2.44 bits per heavy atom. The summed E-state index contributed by atoms with van der Waals surface area (Å²) in [5, 5.41) is 4.91. The molecule has 1 nitrogen and oxygen atoms in total. The molecule has 80 valence electrons. The molecule has 0 fully saturated rings. The highest BCUT2D eigenvalue weighted by Gasteiger charge is 2.06. The number of fused-ring (bicyclic) bond motifs is 3. The van der Waals surface area contributed by atoms with E-state index in [1.54, 1.807) is 0 Å². The molecule has 0 N–H and O–H groups in total. The van der Waals surface area contributed by atoms with Crippen molar-refractivity contribution < 1.29 is 4.42 Å². The van der Waals surface area contributed by atoms with Crippen molar-refractivity contribution in [1.82, 2.24) is 0 Å². The van der Waals surface area contributed by atoms with Gasteiger partial charge in [0.05, 0.1) is 0 Å². The van der Waals surface area contributed by atoms with Crippen molar-refractivity contribution in [1.29, 1.82) is 0 Å². The number of hydrogen-bond acceptors (Lipinski definition) is 1. The van der Waals surface area contributed by atoms with E-state index in [1.165, 1.54) is 16.1 Å². The fourth-order valence-corrected chi connectivity index (χ4v) is 2.72. The van der Waals surface area contributed by atoms with Crippen LogP contribution in [0.2, 0.25) is 0 Å². The highest BCUT2D eigenvalue weighted by molar-refractivity contribution is 7.46. The van der Waals surface area contributed by atoms with Crippen LogP contribution in [-0.2, 0) is 0 Å². The van der Waals surface area contributed by atoms with E-state index in [9.17, 15) is 0 Å². The third-order valence-electron chi connectivity index (χ3n) is 2.79. The smallest absolute Gasteiger partial charge is 0.136 e. The zero-order chi connectivity index (χ0) is 11.1. The van der Waals surface area contributed by atoms with Gasteiger partial charge in [0, 0.05) is 10.8 Å². The van der Waals surface area contributed by atoms with E-state index in [2.05, 4.69) is 52.3 Å². The molecular formula is C13H12OP2. The van der Waals surface area contributed by atoms with Crippen molar-refractivity contribution in [2.24, 2.45) is 0 Å². The molecule has 0 radical (unpaired) electrons. The maximum Gasteiger partial charge on any atom is 0.136 e.